The molecule has 2 aromatic carbocycles. The van der Waals surface area contributed by atoms with Gasteiger partial charge in [0.05, 0.1) is 7.11 Å². The minimum absolute atomic E-state index is 0.256. The van der Waals surface area contributed by atoms with Crippen molar-refractivity contribution in [3.05, 3.63) is 60.2 Å². The molecule has 2 aromatic rings. The molecule has 0 spiro atoms. The number of carbonyl (C=O) groups is 2. The highest BCUT2D eigenvalue weighted by molar-refractivity contribution is 5.96. The topological polar surface area (TPSA) is 64.6 Å². The highest BCUT2D eigenvalue weighted by atomic mass is 16.5. The minimum Gasteiger partial charge on any atom is -0.467 e. The van der Waals surface area contributed by atoms with Crippen LogP contribution in [0.3, 0.4) is 0 Å². The monoisotopic (exact) mass is 341 g/mol. The van der Waals surface area contributed by atoms with Crippen LogP contribution in [0.5, 0.6) is 11.5 Å². The average molecular weight is 341 g/mol. The smallest absolute Gasteiger partial charge is 0.328 e. The van der Waals surface area contributed by atoms with Crippen LogP contribution in [0.25, 0.3) is 0 Å². The van der Waals surface area contributed by atoms with Crippen molar-refractivity contribution in [3.63, 3.8) is 0 Å². The quantitative estimate of drug-likeness (QED) is 0.778. The first-order chi connectivity index (χ1) is 12.0. The van der Waals surface area contributed by atoms with Crippen LogP contribution in [-0.2, 0) is 9.53 Å². The summed E-state index contributed by atoms with van der Waals surface area (Å²) in [5.41, 5.74) is 0.457. The molecule has 0 saturated heterocycles. The molecule has 0 bridgehead atoms. The lowest BCUT2D eigenvalue weighted by molar-refractivity contribution is -0.143. The van der Waals surface area contributed by atoms with Crippen molar-refractivity contribution in [1.82, 2.24) is 5.32 Å². The predicted molar refractivity (Wildman–Crippen MR) is 95.7 cm³/mol. The van der Waals surface area contributed by atoms with Gasteiger partial charge in [-0.2, -0.15) is 0 Å². The number of methoxy groups -OCH3 is 1. The number of hydrogen-bond donors (Lipinski definition) is 1. The summed E-state index contributed by atoms with van der Waals surface area (Å²) in [6.45, 7) is 3.97. The van der Waals surface area contributed by atoms with Crippen LogP contribution in [0, 0.1) is 5.92 Å². The van der Waals surface area contributed by atoms with E-state index in [1.54, 1.807) is 24.3 Å². The number of hydrogen-bond acceptors (Lipinski definition) is 4. The molecule has 0 aliphatic rings. The Morgan fingerprint density at radius 2 is 1.56 bits per heavy atom. The summed E-state index contributed by atoms with van der Waals surface area (Å²) < 4.78 is 10.5. The Labute approximate surface area is 148 Å². The molecule has 5 nitrogen and oxygen atoms in total. The van der Waals surface area contributed by atoms with Crippen LogP contribution in [0.2, 0.25) is 0 Å². The maximum absolute atomic E-state index is 12.4. The Kier molecular flexibility index (Phi) is 6.57. The number of esters is 1. The molecule has 0 fully saturated rings. The van der Waals surface area contributed by atoms with E-state index in [0.29, 0.717) is 17.7 Å². The predicted octanol–water partition coefficient (Wildman–Crippen LogP) is 3.80. The third-order valence-corrected chi connectivity index (χ3v) is 3.59. The van der Waals surface area contributed by atoms with E-state index in [9.17, 15) is 9.59 Å². The Hall–Kier alpha value is -2.82. The van der Waals surface area contributed by atoms with E-state index in [1.165, 1.54) is 7.11 Å². The molecule has 0 aliphatic heterocycles. The second-order valence-corrected chi connectivity index (χ2v) is 6.12. The second-order valence-electron chi connectivity index (χ2n) is 6.12. The van der Waals surface area contributed by atoms with Crippen molar-refractivity contribution < 1.29 is 19.1 Å². The molecule has 0 aliphatic carbocycles. The lowest BCUT2D eigenvalue weighted by atomic mass is 10.0. The fraction of sp³-hybridized carbons (Fsp3) is 0.300. The van der Waals surface area contributed by atoms with Crippen molar-refractivity contribution in [2.24, 2.45) is 5.92 Å². The molecule has 0 radical (unpaired) electrons. The Morgan fingerprint density at radius 3 is 2.12 bits per heavy atom. The number of rotatable bonds is 7. The van der Waals surface area contributed by atoms with E-state index >= 15 is 0 Å². The van der Waals surface area contributed by atoms with Gasteiger partial charge in [0.1, 0.15) is 17.5 Å². The van der Waals surface area contributed by atoms with E-state index in [4.69, 9.17) is 9.47 Å². The van der Waals surface area contributed by atoms with E-state index in [0.717, 1.165) is 5.75 Å². The van der Waals surface area contributed by atoms with E-state index in [1.807, 2.05) is 44.2 Å². The third kappa shape index (κ3) is 5.64. The van der Waals surface area contributed by atoms with Gasteiger partial charge in [0.25, 0.3) is 5.91 Å². The lowest BCUT2D eigenvalue weighted by Gasteiger charge is -2.18. The normalized spacial score (nSPS) is 11.7. The average Bonchev–Trinajstić information content (AvgIpc) is 2.61. The highest BCUT2D eigenvalue weighted by Gasteiger charge is 2.23. The zero-order chi connectivity index (χ0) is 18.2. The van der Waals surface area contributed by atoms with Crippen molar-refractivity contribution in [2.75, 3.05) is 7.11 Å². The van der Waals surface area contributed by atoms with E-state index < -0.39 is 12.0 Å². The number of amides is 1. The molecule has 0 saturated carbocycles. The first kappa shape index (κ1) is 18.5. The van der Waals surface area contributed by atoms with Crippen LogP contribution in [-0.4, -0.2) is 25.0 Å². The molecule has 5 heteroatoms. The number of ether oxygens (including phenoxy) is 2. The summed E-state index contributed by atoms with van der Waals surface area (Å²) in [4.78, 5) is 24.2. The fourth-order valence-corrected chi connectivity index (χ4v) is 2.37. The largest absolute Gasteiger partial charge is 0.467 e. The van der Waals surface area contributed by atoms with Crippen LogP contribution >= 0.6 is 0 Å². The molecule has 1 amide bonds. The fourth-order valence-electron chi connectivity index (χ4n) is 2.37. The van der Waals surface area contributed by atoms with Gasteiger partial charge in [0.15, 0.2) is 0 Å². The summed E-state index contributed by atoms with van der Waals surface area (Å²) in [5.74, 6) is 0.858. The minimum atomic E-state index is -0.655. The zero-order valence-corrected chi connectivity index (χ0v) is 14.7. The number of nitrogens with one attached hydrogen (secondary N) is 1. The van der Waals surface area contributed by atoms with Gasteiger partial charge in [0, 0.05) is 5.56 Å². The Morgan fingerprint density at radius 1 is 0.960 bits per heavy atom. The van der Waals surface area contributed by atoms with Crippen LogP contribution in [0.1, 0.15) is 30.6 Å². The van der Waals surface area contributed by atoms with Gasteiger partial charge in [-0.3, -0.25) is 4.79 Å². The van der Waals surface area contributed by atoms with Crippen molar-refractivity contribution >= 4 is 11.9 Å². The maximum Gasteiger partial charge on any atom is 0.328 e. The Balaban J connectivity index is 2.02. The van der Waals surface area contributed by atoms with Gasteiger partial charge in [-0.1, -0.05) is 32.0 Å². The molecule has 1 atom stereocenters. The molecule has 1 unspecified atom stereocenters. The number of carbonyl (C=O) groups excluding carboxylic acids is 2. The SMILES string of the molecule is COC(=O)C(CC(C)C)NC(=O)c1ccc(Oc2ccccc2)cc1. The summed E-state index contributed by atoms with van der Waals surface area (Å²) in [5, 5.41) is 2.73. The molecule has 1 N–H and O–H groups in total. The van der Waals surface area contributed by atoms with Gasteiger partial charge < -0.3 is 14.8 Å². The molecular weight excluding hydrogens is 318 g/mol. The first-order valence-corrected chi connectivity index (χ1v) is 8.21. The zero-order valence-electron chi connectivity index (χ0n) is 14.7. The third-order valence-electron chi connectivity index (χ3n) is 3.59. The number of benzene rings is 2. The number of para-hydroxylation sites is 1. The van der Waals surface area contributed by atoms with Crippen molar-refractivity contribution in [2.45, 2.75) is 26.3 Å². The molecule has 25 heavy (non-hydrogen) atoms. The van der Waals surface area contributed by atoms with Gasteiger partial charge >= 0.3 is 5.97 Å². The Bertz CT molecular complexity index is 695. The summed E-state index contributed by atoms with van der Waals surface area (Å²) in [7, 11) is 1.32. The maximum atomic E-state index is 12.4. The van der Waals surface area contributed by atoms with E-state index in [-0.39, 0.29) is 11.8 Å². The molecule has 0 heterocycles. The van der Waals surface area contributed by atoms with Crippen LogP contribution in [0.15, 0.2) is 54.6 Å². The molecule has 132 valence electrons. The van der Waals surface area contributed by atoms with Crippen molar-refractivity contribution in [1.29, 1.82) is 0 Å². The summed E-state index contributed by atoms with van der Waals surface area (Å²) in [6.07, 6.45) is 0.521. The van der Waals surface area contributed by atoms with Gasteiger partial charge in [-0.15, -0.1) is 0 Å². The van der Waals surface area contributed by atoms with Crippen LogP contribution < -0.4 is 10.1 Å². The molecule has 2 rings (SSSR count). The second kappa shape index (κ2) is 8.87. The van der Waals surface area contributed by atoms with E-state index in [2.05, 4.69) is 5.32 Å². The standard InChI is InChI=1S/C20H23NO4/c1-14(2)13-18(20(23)24-3)21-19(22)15-9-11-17(12-10-15)25-16-7-5-4-6-8-16/h4-12,14,18H,13H2,1-3H3,(H,21,22). The lowest BCUT2D eigenvalue weighted by Crippen LogP contribution is -2.42. The molecule has 0 aromatic heterocycles. The van der Waals surface area contributed by atoms with Crippen LogP contribution in [0.4, 0.5) is 0 Å². The van der Waals surface area contributed by atoms with Gasteiger partial charge in [-0.25, -0.2) is 4.79 Å². The summed E-state index contributed by atoms with van der Waals surface area (Å²) >= 11 is 0. The van der Waals surface area contributed by atoms with Crippen molar-refractivity contribution in [3.8, 4) is 11.5 Å². The van der Waals surface area contributed by atoms with Gasteiger partial charge in [-0.05, 0) is 48.7 Å². The highest BCUT2D eigenvalue weighted by Crippen LogP contribution is 2.21. The van der Waals surface area contributed by atoms with Gasteiger partial charge in [0.2, 0.25) is 0 Å². The first-order valence-electron chi connectivity index (χ1n) is 8.21. The molecular formula is C20H23NO4. The summed E-state index contributed by atoms with van der Waals surface area (Å²) in [6, 6.07) is 15.5.